The van der Waals surface area contributed by atoms with Crippen LogP contribution in [-0.2, 0) is 4.74 Å². The van der Waals surface area contributed by atoms with Crippen LogP contribution in [0.3, 0.4) is 0 Å². The number of ether oxygens (including phenoxy) is 1. The van der Waals surface area contributed by atoms with Crippen LogP contribution < -0.4 is 10.2 Å². The fourth-order valence-electron chi connectivity index (χ4n) is 2.92. The van der Waals surface area contributed by atoms with Crippen molar-refractivity contribution in [2.75, 3.05) is 24.5 Å². The Kier molecular flexibility index (Phi) is 5.91. The first-order valence-corrected chi connectivity index (χ1v) is 8.32. The number of hydrogen-bond donors (Lipinski definition) is 1. The number of nitrogens with zero attached hydrogens (tertiary/aromatic N) is 1. The van der Waals surface area contributed by atoms with Crippen molar-refractivity contribution < 1.29 is 4.74 Å². The van der Waals surface area contributed by atoms with Crippen LogP contribution in [0, 0.1) is 0 Å². The fourth-order valence-corrected chi connectivity index (χ4v) is 3.26. The van der Waals surface area contributed by atoms with Crippen molar-refractivity contribution in [1.82, 2.24) is 5.32 Å². The molecule has 4 heteroatoms. The number of morpholine rings is 1. The Morgan fingerprint density at radius 2 is 2.00 bits per heavy atom. The van der Waals surface area contributed by atoms with Gasteiger partial charge in [-0.1, -0.05) is 24.6 Å². The fraction of sp³-hybridized carbons (Fsp3) is 0.647. The van der Waals surface area contributed by atoms with Crippen molar-refractivity contribution in [1.29, 1.82) is 0 Å². The number of halogens is 1. The van der Waals surface area contributed by atoms with E-state index in [1.54, 1.807) is 0 Å². The zero-order valence-electron chi connectivity index (χ0n) is 13.5. The third-order valence-corrected chi connectivity index (χ3v) is 4.26. The van der Waals surface area contributed by atoms with Gasteiger partial charge in [0.25, 0.3) is 0 Å². The number of hydrogen-bond acceptors (Lipinski definition) is 3. The molecule has 0 amide bonds. The normalized spacial score (nSPS) is 24.1. The molecule has 1 heterocycles. The standard InChI is InChI=1S/C17H27ClN2O/c1-5-8-19-14(4)16-7-6-15(9-17(16)18)20-10-12(2)21-13(3)11-20/h6-7,9,12-14,19H,5,8,10-11H2,1-4H3/t12-,13+,14?. The first-order valence-electron chi connectivity index (χ1n) is 7.94. The van der Waals surface area contributed by atoms with Crippen LogP contribution in [0.1, 0.15) is 45.7 Å². The second-order valence-electron chi connectivity index (χ2n) is 6.04. The molecule has 0 aliphatic carbocycles. The molecule has 118 valence electrons. The van der Waals surface area contributed by atoms with Crippen LogP contribution in [0.15, 0.2) is 18.2 Å². The summed E-state index contributed by atoms with van der Waals surface area (Å²) in [5.41, 5.74) is 2.36. The topological polar surface area (TPSA) is 24.5 Å². The highest BCUT2D eigenvalue weighted by molar-refractivity contribution is 6.31. The van der Waals surface area contributed by atoms with Crippen LogP contribution in [0.5, 0.6) is 0 Å². The molecule has 0 radical (unpaired) electrons. The van der Waals surface area contributed by atoms with E-state index in [1.165, 1.54) is 11.3 Å². The number of benzene rings is 1. The monoisotopic (exact) mass is 310 g/mol. The molecule has 1 N–H and O–H groups in total. The van der Waals surface area contributed by atoms with Gasteiger partial charge in [-0.25, -0.2) is 0 Å². The Labute approximate surface area is 133 Å². The zero-order chi connectivity index (χ0) is 15.4. The van der Waals surface area contributed by atoms with Crippen molar-refractivity contribution in [2.45, 2.75) is 52.4 Å². The van der Waals surface area contributed by atoms with Gasteiger partial charge in [-0.3, -0.25) is 0 Å². The van der Waals surface area contributed by atoms with E-state index in [2.05, 4.69) is 56.1 Å². The Morgan fingerprint density at radius 3 is 2.57 bits per heavy atom. The summed E-state index contributed by atoms with van der Waals surface area (Å²) in [5.74, 6) is 0. The second-order valence-corrected chi connectivity index (χ2v) is 6.45. The predicted molar refractivity (Wildman–Crippen MR) is 90.4 cm³/mol. The molecule has 3 atom stereocenters. The van der Waals surface area contributed by atoms with Crippen LogP contribution in [-0.4, -0.2) is 31.8 Å². The van der Waals surface area contributed by atoms with Crippen LogP contribution in [0.2, 0.25) is 5.02 Å². The molecule has 1 aliphatic rings. The van der Waals surface area contributed by atoms with Gasteiger partial charge in [0.05, 0.1) is 12.2 Å². The van der Waals surface area contributed by atoms with E-state index in [1.807, 2.05) is 0 Å². The van der Waals surface area contributed by atoms with Crippen LogP contribution >= 0.6 is 11.6 Å². The van der Waals surface area contributed by atoms with Gasteiger partial charge in [0.15, 0.2) is 0 Å². The summed E-state index contributed by atoms with van der Waals surface area (Å²) in [6, 6.07) is 6.70. The molecule has 0 spiro atoms. The molecule has 3 nitrogen and oxygen atoms in total. The van der Waals surface area contributed by atoms with E-state index < -0.39 is 0 Å². The summed E-state index contributed by atoms with van der Waals surface area (Å²) < 4.78 is 5.79. The molecule has 1 aromatic carbocycles. The lowest BCUT2D eigenvalue weighted by Crippen LogP contribution is -2.45. The summed E-state index contributed by atoms with van der Waals surface area (Å²) in [6.07, 6.45) is 1.65. The zero-order valence-corrected chi connectivity index (χ0v) is 14.3. The molecule has 2 rings (SSSR count). The Bertz CT molecular complexity index is 456. The van der Waals surface area contributed by atoms with Crippen molar-refractivity contribution >= 4 is 17.3 Å². The number of rotatable bonds is 5. The molecule has 0 bridgehead atoms. The molecular weight excluding hydrogens is 284 g/mol. The van der Waals surface area contributed by atoms with Gasteiger partial charge in [0.1, 0.15) is 0 Å². The highest BCUT2D eigenvalue weighted by Crippen LogP contribution is 2.29. The average Bonchev–Trinajstić information content (AvgIpc) is 2.43. The first-order chi connectivity index (χ1) is 10.0. The molecule has 1 saturated heterocycles. The third kappa shape index (κ3) is 4.35. The van der Waals surface area contributed by atoms with Gasteiger partial charge in [-0.15, -0.1) is 0 Å². The number of nitrogens with one attached hydrogen (secondary N) is 1. The lowest BCUT2D eigenvalue weighted by molar-refractivity contribution is -0.00521. The Balaban J connectivity index is 2.11. The second kappa shape index (κ2) is 7.48. The van der Waals surface area contributed by atoms with Crippen LogP contribution in [0.25, 0.3) is 0 Å². The lowest BCUT2D eigenvalue weighted by atomic mass is 10.1. The summed E-state index contributed by atoms with van der Waals surface area (Å²) in [7, 11) is 0. The summed E-state index contributed by atoms with van der Waals surface area (Å²) in [5, 5.41) is 4.33. The first kappa shape index (κ1) is 16.6. The van der Waals surface area contributed by atoms with Crippen molar-refractivity contribution in [3.05, 3.63) is 28.8 Å². The molecule has 1 aliphatic heterocycles. The van der Waals surface area contributed by atoms with Gasteiger partial charge < -0.3 is 15.0 Å². The summed E-state index contributed by atoms with van der Waals surface area (Å²) >= 11 is 6.50. The van der Waals surface area contributed by atoms with E-state index in [-0.39, 0.29) is 18.2 Å². The highest BCUT2D eigenvalue weighted by Gasteiger charge is 2.23. The predicted octanol–water partition coefficient (Wildman–Crippen LogP) is 4.01. The summed E-state index contributed by atoms with van der Waals surface area (Å²) in [6.45, 7) is 11.4. The third-order valence-electron chi connectivity index (χ3n) is 3.94. The van der Waals surface area contributed by atoms with E-state index in [0.29, 0.717) is 0 Å². The van der Waals surface area contributed by atoms with Crippen molar-refractivity contribution in [2.24, 2.45) is 0 Å². The minimum Gasteiger partial charge on any atom is -0.372 e. The summed E-state index contributed by atoms with van der Waals surface area (Å²) in [4.78, 5) is 2.36. The molecule has 1 unspecified atom stereocenters. The quantitative estimate of drug-likeness (QED) is 0.889. The highest BCUT2D eigenvalue weighted by atomic mass is 35.5. The van der Waals surface area contributed by atoms with Gasteiger partial charge in [-0.05, 0) is 51.4 Å². The maximum atomic E-state index is 6.50. The molecule has 1 aromatic rings. The van der Waals surface area contributed by atoms with E-state index in [4.69, 9.17) is 16.3 Å². The Morgan fingerprint density at radius 1 is 1.33 bits per heavy atom. The van der Waals surface area contributed by atoms with Crippen molar-refractivity contribution in [3.8, 4) is 0 Å². The lowest BCUT2D eigenvalue weighted by Gasteiger charge is -2.37. The maximum absolute atomic E-state index is 6.50. The van der Waals surface area contributed by atoms with Crippen LogP contribution in [0.4, 0.5) is 5.69 Å². The molecule has 21 heavy (non-hydrogen) atoms. The maximum Gasteiger partial charge on any atom is 0.0726 e. The minimum atomic E-state index is 0.261. The molecule has 0 aromatic heterocycles. The average molecular weight is 311 g/mol. The van der Waals surface area contributed by atoms with Gasteiger partial charge in [-0.2, -0.15) is 0 Å². The van der Waals surface area contributed by atoms with E-state index in [9.17, 15) is 0 Å². The number of anilines is 1. The molecule has 1 fully saturated rings. The van der Waals surface area contributed by atoms with Crippen molar-refractivity contribution in [3.63, 3.8) is 0 Å². The largest absolute Gasteiger partial charge is 0.372 e. The van der Waals surface area contributed by atoms with Gasteiger partial charge >= 0.3 is 0 Å². The molecule has 0 saturated carbocycles. The van der Waals surface area contributed by atoms with E-state index in [0.717, 1.165) is 31.1 Å². The minimum absolute atomic E-state index is 0.261. The van der Waals surface area contributed by atoms with Gasteiger partial charge in [0.2, 0.25) is 0 Å². The van der Waals surface area contributed by atoms with E-state index >= 15 is 0 Å². The molecular formula is C17H27ClN2O. The smallest absolute Gasteiger partial charge is 0.0726 e. The SMILES string of the molecule is CCCNC(C)c1ccc(N2C[C@@H](C)O[C@@H](C)C2)cc1Cl. The van der Waals surface area contributed by atoms with Gasteiger partial charge in [0, 0.05) is 29.8 Å². The Hall–Kier alpha value is -0.770.